The molecule has 14 heavy (non-hydrogen) atoms. The van der Waals surface area contributed by atoms with Crippen LogP contribution in [0.4, 0.5) is 0 Å². The summed E-state index contributed by atoms with van der Waals surface area (Å²) in [5, 5.41) is -0.107. The van der Waals surface area contributed by atoms with Crippen molar-refractivity contribution in [3.63, 3.8) is 0 Å². The van der Waals surface area contributed by atoms with Crippen molar-refractivity contribution < 1.29 is 35.5 Å². The third kappa shape index (κ3) is 3.39. The monoisotopic (exact) mass is 330 g/mol. The molecular weight excluding hydrogens is 317 g/mol. The fraction of sp³-hybridized carbons (Fsp3) is 0.750. The molecule has 1 rings (SSSR count). The summed E-state index contributed by atoms with van der Waals surface area (Å²) < 4.78 is 4.96. The van der Waals surface area contributed by atoms with Crippen LogP contribution in [0.5, 0.6) is 0 Å². The molecule has 1 aliphatic rings. The van der Waals surface area contributed by atoms with Gasteiger partial charge in [-0.15, -0.1) is 0 Å². The second kappa shape index (κ2) is 5.92. The van der Waals surface area contributed by atoms with E-state index in [1.54, 1.807) is 0 Å². The van der Waals surface area contributed by atoms with Crippen molar-refractivity contribution in [1.82, 2.24) is 0 Å². The molecule has 0 radical (unpaired) electrons. The summed E-state index contributed by atoms with van der Waals surface area (Å²) in [4.78, 5) is 24.2. The van der Waals surface area contributed by atoms with E-state index >= 15 is 0 Å². The Morgan fingerprint density at radius 1 is 1.86 bits per heavy atom. The van der Waals surface area contributed by atoms with E-state index < -0.39 is 27.2 Å². The number of nitrogens with two attached hydrogens (primary N) is 1. The van der Waals surface area contributed by atoms with Crippen LogP contribution in [0.1, 0.15) is 6.42 Å². The van der Waals surface area contributed by atoms with E-state index in [1.165, 1.54) is 11.8 Å². The van der Waals surface area contributed by atoms with Gasteiger partial charge in [-0.3, -0.25) is 0 Å². The first-order valence-corrected chi connectivity index (χ1v) is 8.50. The van der Waals surface area contributed by atoms with Crippen molar-refractivity contribution in [3.05, 3.63) is 0 Å². The number of esters is 1. The molecule has 0 aromatic heterocycles. The molecule has 4 nitrogen and oxygen atoms in total. The molecular formula is C8H13INO3S-. The summed E-state index contributed by atoms with van der Waals surface area (Å²) in [6.45, 7) is 0.500. The molecule has 1 fully saturated rings. The summed E-state index contributed by atoms with van der Waals surface area (Å²) in [6, 6.07) is -0.397. The SMILES string of the molecule is C[I-]C(=O)[C@@H](N)CSC1CCOC1=O. The molecule has 6 heteroatoms. The number of hydrogen-bond acceptors (Lipinski definition) is 5. The fourth-order valence-electron chi connectivity index (χ4n) is 1.05. The Morgan fingerprint density at radius 2 is 2.57 bits per heavy atom. The van der Waals surface area contributed by atoms with Crippen LogP contribution >= 0.6 is 11.8 Å². The molecule has 0 aromatic carbocycles. The zero-order valence-electron chi connectivity index (χ0n) is 7.86. The number of rotatable bonds is 5. The Kier molecular flexibility index (Phi) is 5.18. The molecule has 2 N–H and O–H groups in total. The van der Waals surface area contributed by atoms with Crippen LogP contribution in [0.3, 0.4) is 0 Å². The summed E-state index contributed by atoms with van der Waals surface area (Å²) in [5.74, 6) is 0.368. The molecule has 1 heterocycles. The Balaban J connectivity index is 2.26. The van der Waals surface area contributed by atoms with Gasteiger partial charge < -0.3 is 0 Å². The van der Waals surface area contributed by atoms with Gasteiger partial charge in [-0.25, -0.2) is 0 Å². The number of thioether (sulfide) groups is 1. The van der Waals surface area contributed by atoms with Crippen LogP contribution < -0.4 is 26.9 Å². The van der Waals surface area contributed by atoms with Gasteiger partial charge in [0.1, 0.15) is 0 Å². The van der Waals surface area contributed by atoms with Gasteiger partial charge in [0.25, 0.3) is 0 Å². The van der Waals surface area contributed by atoms with Crippen molar-refractivity contribution in [1.29, 1.82) is 0 Å². The number of cyclic esters (lactones) is 1. The Labute approximate surface area is 97.6 Å². The van der Waals surface area contributed by atoms with E-state index in [9.17, 15) is 9.59 Å². The molecule has 0 spiro atoms. The minimum atomic E-state index is -0.426. The number of carbonyl (C=O) groups is 2. The maximum atomic E-state index is 11.2. The zero-order valence-corrected chi connectivity index (χ0v) is 10.8. The number of carbonyl (C=O) groups excluding carboxylic acids is 2. The Morgan fingerprint density at radius 3 is 3.07 bits per heavy atom. The van der Waals surface area contributed by atoms with E-state index in [1.807, 2.05) is 4.93 Å². The van der Waals surface area contributed by atoms with E-state index in [0.717, 1.165) is 6.42 Å². The third-order valence-corrected chi connectivity index (χ3v) is 5.09. The fourth-order valence-corrected chi connectivity index (χ4v) is 3.43. The summed E-state index contributed by atoms with van der Waals surface area (Å²) >= 11 is 1.02. The standard InChI is InChI=1S/C8H13INO3S/c1-9-7(11)5(10)4-14-6-2-3-13-8(6)12/h5-6H,2-4,10H2,1H3/q-1/t5-,6?/m0/s1. The van der Waals surface area contributed by atoms with Gasteiger partial charge in [-0.05, 0) is 0 Å². The van der Waals surface area contributed by atoms with Crippen molar-refractivity contribution in [2.75, 3.05) is 17.3 Å². The van der Waals surface area contributed by atoms with Gasteiger partial charge in [0.05, 0.1) is 0 Å². The molecule has 0 bridgehead atoms. The third-order valence-electron chi connectivity index (χ3n) is 1.84. The number of alkyl halides is 1. The number of halogens is 1. The predicted octanol–water partition coefficient (Wildman–Crippen LogP) is -3.39. The van der Waals surface area contributed by atoms with E-state index in [-0.39, 0.29) is 15.0 Å². The van der Waals surface area contributed by atoms with Crippen LogP contribution in [-0.4, -0.2) is 38.3 Å². The average molecular weight is 330 g/mol. The van der Waals surface area contributed by atoms with Crippen LogP contribution in [0.25, 0.3) is 0 Å². The molecule has 1 unspecified atom stereocenters. The van der Waals surface area contributed by atoms with Crippen LogP contribution in [0.15, 0.2) is 0 Å². The van der Waals surface area contributed by atoms with Crippen LogP contribution in [0.2, 0.25) is 0 Å². The number of hydrogen-bond donors (Lipinski definition) is 1. The van der Waals surface area contributed by atoms with Gasteiger partial charge in [-0.1, -0.05) is 0 Å². The first kappa shape index (κ1) is 12.3. The summed E-state index contributed by atoms with van der Waals surface area (Å²) in [5.41, 5.74) is 5.66. The molecule has 0 amide bonds. The van der Waals surface area contributed by atoms with Crippen molar-refractivity contribution in [2.24, 2.45) is 5.73 Å². The molecule has 82 valence electrons. The van der Waals surface area contributed by atoms with E-state index in [2.05, 4.69) is 0 Å². The Bertz CT molecular complexity index is 237. The van der Waals surface area contributed by atoms with Crippen molar-refractivity contribution >= 4 is 21.5 Å². The second-order valence-corrected chi connectivity index (χ2v) is 6.26. The quantitative estimate of drug-likeness (QED) is 0.246. The second-order valence-electron chi connectivity index (χ2n) is 2.88. The first-order chi connectivity index (χ1) is 6.65. The Hall–Kier alpha value is 0.180. The van der Waals surface area contributed by atoms with Gasteiger partial charge in [0.2, 0.25) is 0 Å². The van der Waals surface area contributed by atoms with Gasteiger partial charge >= 0.3 is 97.8 Å². The molecule has 2 atom stereocenters. The molecule has 0 saturated carbocycles. The van der Waals surface area contributed by atoms with Crippen molar-refractivity contribution in [2.45, 2.75) is 17.7 Å². The van der Waals surface area contributed by atoms with Gasteiger partial charge in [-0.2, -0.15) is 0 Å². The van der Waals surface area contributed by atoms with E-state index in [4.69, 9.17) is 10.5 Å². The van der Waals surface area contributed by atoms with Gasteiger partial charge in [0.15, 0.2) is 0 Å². The van der Waals surface area contributed by atoms with Crippen LogP contribution in [0, 0.1) is 0 Å². The molecule has 0 aromatic rings. The van der Waals surface area contributed by atoms with E-state index in [0.29, 0.717) is 12.4 Å². The average Bonchev–Trinajstić information content (AvgIpc) is 2.59. The number of ether oxygens (including phenoxy) is 1. The first-order valence-electron chi connectivity index (χ1n) is 4.22. The molecule has 0 aliphatic carbocycles. The van der Waals surface area contributed by atoms with Gasteiger partial charge in [0, 0.05) is 0 Å². The normalized spacial score (nSPS) is 23.6. The maximum absolute atomic E-state index is 11.2. The van der Waals surface area contributed by atoms with Crippen LogP contribution in [-0.2, 0) is 14.3 Å². The summed E-state index contributed by atoms with van der Waals surface area (Å²) in [7, 11) is 0. The topological polar surface area (TPSA) is 69.4 Å². The predicted molar refractivity (Wildman–Crippen MR) is 50.7 cm³/mol. The van der Waals surface area contributed by atoms with Crippen molar-refractivity contribution in [3.8, 4) is 0 Å². The summed E-state index contributed by atoms with van der Waals surface area (Å²) in [6.07, 6.45) is 0.742. The molecule has 1 aliphatic heterocycles. The molecule has 1 saturated heterocycles. The minimum absolute atomic E-state index is 0.107. The zero-order chi connectivity index (χ0) is 10.6.